The molecule has 0 aliphatic rings. The number of halogens is 4. The Morgan fingerprint density at radius 3 is 2.67 bits per heavy atom. The molecule has 2 rings (SSSR count). The van der Waals surface area contributed by atoms with Crippen molar-refractivity contribution in [1.82, 2.24) is 10.3 Å². The maximum Gasteiger partial charge on any atom is 0.416 e. The SMILES string of the molecule is O=C(NCc1csc(=O)[nH]1)c1cc(C(F)(F)F)ccc1Br. The van der Waals surface area contributed by atoms with Crippen molar-refractivity contribution in [3.8, 4) is 0 Å². The lowest BCUT2D eigenvalue weighted by Gasteiger charge is -2.10. The molecule has 4 nitrogen and oxygen atoms in total. The molecule has 0 fully saturated rings. The summed E-state index contributed by atoms with van der Waals surface area (Å²) in [6.45, 7) is 0.0280. The number of H-pyrrole nitrogens is 1. The summed E-state index contributed by atoms with van der Waals surface area (Å²) in [5, 5.41) is 3.98. The second-order valence-corrected chi connectivity index (χ2v) is 5.74. The van der Waals surface area contributed by atoms with Crippen LogP contribution in [0.3, 0.4) is 0 Å². The molecule has 1 aromatic heterocycles. The number of nitrogens with one attached hydrogen (secondary N) is 2. The van der Waals surface area contributed by atoms with Crippen LogP contribution in [-0.2, 0) is 12.7 Å². The lowest BCUT2D eigenvalue weighted by atomic mass is 10.1. The van der Waals surface area contributed by atoms with E-state index in [2.05, 4.69) is 26.2 Å². The number of amides is 1. The molecule has 0 spiro atoms. The van der Waals surface area contributed by atoms with Crippen molar-refractivity contribution in [1.29, 1.82) is 0 Å². The van der Waals surface area contributed by atoms with E-state index in [-0.39, 0.29) is 21.5 Å². The third-order valence-corrected chi connectivity index (χ3v) is 3.96. The van der Waals surface area contributed by atoms with Gasteiger partial charge in [0.05, 0.1) is 17.7 Å². The third-order valence-electron chi connectivity index (χ3n) is 2.55. The van der Waals surface area contributed by atoms with Gasteiger partial charge in [0, 0.05) is 15.5 Å². The van der Waals surface area contributed by atoms with Crippen LogP contribution in [0.5, 0.6) is 0 Å². The summed E-state index contributed by atoms with van der Waals surface area (Å²) in [7, 11) is 0. The number of carbonyl (C=O) groups excluding carboxylic acids is 1. The van der Waals surface area contributed by atoms with Gasteiger partial charge in [-0.15, -0.1) is 0 Å². The van der Waals surface area contributed by atoms with Gasteiger partial charge >= 0.3 is 11.0 Å². The van der Waals surface area contributed by atoms with E-state index in [1.165, 1.54) is 11.4 Å². The fraction of sp³-hybridized carbons (Fsp3) is 0.167. The van der Waals surface area contributed by atoms with Gasteiger partial charge in [-0.05, 0) is 34.1 Å². The lowest BCUT2D eigenvalue weighted by Crippen LogP contribution is -2.24. The Kier molecular flexibility index (Phi) is 4.52. The monoisotopic (exact) mass is 380 g/mol. The molecule has 1 amide bonds. The van der Waals surface area contributed by atoms with Crippen molar-refractivity contribution in [3.63, 3.8) is 0 Å². The number of hydrogen-bond donors (Lipinski definition) is 2. The standard InChI is InChI=1S/C12H8BrF3N2O2S/c13-9-2-1-6(12(14,15)16)3-8(9)10(19)17-4-7-5-21-11(20)18-7/h1-3,5H,4H2,(H,17,19)(H,18,20). The Bertz CT molecular complexity index is 724. The van der Waals surface area contributed by atoms with Crippen LogP contribution >= 0.6 is 27.3 Å². The number of aromatic nitrogens is 1. The minimum atomic E-state index is -4.52. The number of alkyl halides is 3. The van der Waals surface area contributed by atoms with E-state index in [0.717, 1.165) is 23.5 Å². The average Bonchev–Trinajstić information content (AvgIpc) is 2.81. The van der Waals surface area contributed by atoms with Crippen LogP contribution in [0.25, 0.3) is 0 Å². The zero-order chi connectivity index (χ0) is 15.6. The van der Waals surface area contributed by atoms with Crippen LogP contribution in [-0.4, -0.2) is 10.9 Å². The molecule has 0 atom stereocenters. The molecule has 0 radical (unpaired) electrons. The van der Waals surface area contributed by atoms with E-state index >= 15 is 0 Å². The molecular weight excluding hydrogens is 373 g/mol. The summed E-state index contributed by atoms with van der Waals surface area (Å²) < 4.78 is 38.1. The smallest absolute Gasteiger partial charge is 0.346 e. The van der Waals surface area contributed by atoms with Crippen LogP contribution in [0.15, 0.2) is 32.8 Å². The topological polar surface area (TPSA) is 62.0 Å². The van der Waals surface area contributed by atoms with Gasteiger partial charge in [0.15, 0.2) is 0 Å². The summed E-state index contributed by atoms with van der Waals surface area (Å²) in [4.78, 5) is 25.1. The second-order valence-electron chi connectivity index (χ2n) is 4.05. The van der Waals surface area contributed by atoms with Crippen molar-refractivity contribution < 1.29 is 18.0 Å². The molecule has 9 heteroatoms. The largest absolute Gasteiger partial charge is 0.416 e. The molecule has 2 aromatic rings. The molecule has 1 aromatic carbocycles. The van der Waals surface area contributed by atoms with E-state index in [4.69, 9.17) is 0 Å². The maximum absolute atomic E-state index is 12.6. The van der Waals surface area contributed by atoms with Gasteiger partial charge in [-0.3, -0.25) is 9.59 Å². The summed E-state index contributed by atoms with van der Waals surface area (Å²) in [5.74, 6) is -0.667. The summed E-state index contributed by atoms with van der Waals surface area (Å²) in [5.41, 5.74) is -0.538. The van der Waals surface area contributed by atoms with Gasteiger partial charge < -0.3 is 10.3 Å². The molecule has 112 valence electrons. The van der Waals surface area contributed by atoms with Crippen molar-refractivity contribution >= 4 is 33.2 Å². The number of aromatic amines is 1. The van der Waals surface area contributed by atoms with E-state index in [0.29, 0.717) is 5.69 Å². The van der Waals surface area contributed by atoms with Gasteiger partial charge in [-0.1, -0.05) is 11.3 Å². The van der Waals surface area contributed by atoms with Crippen LogP contribution in [0.4, 0.5) is 13.2 Å². The molecule has 0 aliphatic carbocycles. The minimum absolute atomic E-state index is 0.0280. The van der Waals surface area contributed by atoms with Crippen molar-refractivity contribution in [2.75, 3.05) is 0 Å². The van der Waals surface area contributed by atoms with Crippen molar-refractivity contribution in [3.05, 3.63) is 54.5 Å². The number of hydrogen-bond acceptors (Lipinski definition) is 3. The highest BCUT2D eigenvalue weighted by Gasteiger charge is 2.31. The predicted molar refractivity (Wildman–Crippen MR) is 75.3 cm³/mol. The Morgan fingerprint density at radius 2 is 2.10 bits per heavy atom. The third kappa shape index (κ3) is 3.94. The number of benzene rings is 1. The molecule has 1 heterocycles. The fourth-order valence-corrected chi connectivity index (χ4v) is 2.56. The van der Waals surface area contributed by atoms with Gasteiger partial charge in [0.2, 0.25) is 0 Å². The molecule has 0 saturated heterocycles. The van der Waals surface area contributed by atoms with E-state index < -0.39 is 17.6 Å². The first-order chi connectivity index (χ1) is 9.77. The van der Waals surface area contributed by atoms with Crippen molar-refractivity contribution in [2.24, 2.45) is 0 Å². The van der Waals surface area contributed by atoms with Gasteiger partial charge in [0.25, 0.3) is 5.91 Å². The van der Waals surface area contributed by atoms with Crippen LogP contribution in [0.1, 0.15) is 21.6 Å². The van der Waals surface area contributed by atoms with Crippen molar-refractivity contribution in [2.45, 2.75) is 12.7 Å². The Morgan fingerprint density at radius 1 is 1.38 bits per heavy atom. The molecule has 0 saturated carbocycles. The van der Waals surface area contributed by atoms with E-state index in [9.17, 15) is 22.8 Å². The minimum Gasteiger partial charge on any atom is -0.346 e. The molecule has 2 N–H and O–H groups in total. The molecule has 0 unspecified atom stereocenters. The summed E-state index contributed by atoms with van der Waals surface area (Å²) in [6.07, 6.45) is -4.52. The highest BCUT2D eigenvalue weighted by Crippen LogP contribution is 2.31. The number of thiazole rings is 1. The first kappa shape index (κ1) is 15.8. The molecule has 0 bridgehead atoms. The van der Waals surface area contributed by atoms with Crippen LogP contribution < -0.4 is 10.2 Å². The zero-order valence-electron chi connectivity index (χ0n) is 10.3. The highest BCUT2D eigenvalue weighted by molar-refractivity contribution is 9.10. The first-order valence-corrected chi connectivity index (χ1v) is 7.26. The van der Waals surface area contributed by atoms with E-state index in [1.807, 2.05) is 0 Å². The summed E-state index contributed by atoms with van der Waals surface area (Å²) in [6, 6.07) is 2.83. The molecule has 0 aliphatic heterocycles. The first-order valence-electron chi connectivity index (χ1n) is 5.59. The Labute approximate surface area is 129 Å². The second kappa shape index (κ2) is 6.02. The lowest BCUT2D eigenvalue weighted by molar-refractivity contribution is -0.137. The normalized spacial score (nSPS) is 11.4. The van der Waals surface area contributed by atoms with Crippen LogP contribution in [0, 0.1) is 0 Å². The number of rotatable bonds is 3. The van der Waals surface area contributed by atoms with E-state index in [1.54, 1.807) is 0 Å². The van der Waals surface area contributed by atoms with Gasteiger partial charge in [0.1, 0.15) is 0 Å². The molecular formula is C12H8BrF3N2O2S. The zero-order valence-corrected chi connectivity index (χ0v) is 12.7. The average molecular weight is 381 g/mol. The van der Waals surface area contributed by atoms with Gasteiger partial charge in [-0.25, -0.2) is 0 Å². The van der Waals surface area contributed by atoms with Crippen LogP contribution in [0.2, 0.25) is 0 Å². The molecule has 21 heavy (non-hydrogen) atoms. The summed E-state index contributed by atoms with van der Waals surface area (Å²) >= 11 is 3.98. The predicted octanol–water partition coefficient (Wildman–Crippen LogP) is 3.15. The quantitative estimate of drug-likeness (QED) is 0.858. The highest BCUT2D eigenvalue weighted by atomic mass is 79.9. The van der Waals surface area contributed by atoms with Gasteiger partial charge in [-0.2, -0.15) is 13.2 Å². The fourth-order valence-electron chi connectivity index (χ4n) is 1.55. The maximum atomic E-state index is 12.6. The number of carbonyl (C=O) groups is 1. The Balaban J connectivity index is 2.16. The Hall–Kier alpha value is -1.61.